The van der Waals surface area contributed by atoms with Crippen LogP contribution in [0.4, 0.5) is 0 Å². The van der Waals surface area contributed by atoms with Crippen molar-refractivity contribution >= 4 is 11.3 Å². The normalized spacial score (nSPS) is 15.7. The highest BCUT2D eigenvalue weighted by atomic mass is 32.1. The fraction of sp³-hybridized carbons (Fsp3) is 0.533. The fourth-order valence-electron chi connectivity index (χ4n) is 2.87. The van der Waals surface area contributed by atoms with Gasteiger partial charge in [0.05, 0.1) is 0 Å². The molecule has 102 valence electrons. The molecule has 0 aromatic carbocycles. The summed E-state index contributed by atoms with van der Waals surface area (Å²) >= 11 is 1.99. The quantitative estimate of drug-likeness (QED) is 0.909. The van der Waals surface area contributed by atoms with E-state index in [-0.39, 0.29) is 0 Å². The maximum absolute atomic E-state index is 4.49. The van der Waals surface area contributed by atoms with Crippen molar-refractivity contribution in [1.82, 2.24) is 14.9 Å². The Bertz CT molecular complexity index is 534. The summed E-state index contributed by atoms with van der Waals surface area (Å²) in [4.78, 5) is 7.57. The topological polar surface area (TPSA) is 29.9 Å². The summed E-state index contributed by atoms with van der Waals surface area (Å²) in [5.41, 5.74) is 1.58. The van der Waals surface area contributed by atoms with Gasteiger partial charge in [-0.05, 0) is 44.9 Å². The van der Waals surface area contributed by atoms with Gasteiger partial charge in [-0.3, -0.25) is 0 Å². The SMILES string of the molecule is CCn1ccnc1CC(NC)c1cc2c(s1)CCC2. The highest BCUT2D eigenvalue weighted by molar-refractivity contribution is 7.12. The van der Waals surface area contributed by atoms with Crippen molar-refractivity contribution in [2.45, 2.75) is 45.2 Å². The number of rotatable bonds is 5. The predicted molar refractivity (Wildman–Crippen MR) is 79.7 cm³/mol. The van der Waals surface area contributed by atoms with Crippen LogP contribution < -0.4 is 5.32 Å². The Balaban J connectivity index is 1.80. The summed E-state index contributed by atoms with van der Waals surface area (Å²) in [7, 11) is 2.05. The summed E-state index contributed by atoms with van der Waals surface area (Å²) in [6.45, 7) is 3.16. The first kappa shape index (κ1) is 12.9. The van der Waals surface area contributed by atoms with Crippen LogP contribution in [0.1, 0.15) is 40.5 Å². The Morgan fingerprint density at radius 2 is 2.37 bits per heavy atom. The van der Waals surface area contributed by atoms with Gasteiger partial charge < -0.3 is 9.88 Å². The monoisotopic (exact) mass is 275 g/mol. The minimum atomic E-state index is 0.392. The lowest BCUT2D eigenvalue weighted by Crippen LogP contribution is -2.19. The van der Waals surface area contributed by atoms with E-state index in [4.69, 9.17) is 0 Å². The van der Waals surface area contributed by atoms with Crippen molar-refractivity contribution in [3.05, 3.63) is 39.6 Å². The fourth-order valence-corrected chi connectivity index (χ4v) is 4.24. The van der Waals surface area contributed by atoms with E-state index in [1.165, 1.54) is 30.0 Å². The number of nitrogens with one attached hydrogen (secondary N) is 1. The molecule has 19 heavy (non-hydrogen) atoms. The van der Waals surface area contributed by atoms with E-state index in [2.05, 4.69) is 41.1 Å². The van der Waals surface area contributed by atoms with Crippen molar-refractivity contribution in [2.24, 2.45) is 0 Å². The Morgan fingerprint density at radius 3 is 3.11 bits per heavy atom. The van der Waals surface area contributed by atoms with Crippen LogP contribution in [-0.4, -0.2) is 16.6 Å². The summed E-state index contributed by atoms with van der Waals surface area (Å²) < 4.78 is 2.23. The number of likely N-dealkylation sites (N-methyl/N-ethyl adjacent to an activating group) is 1. The molecule has 4 heteroatoms. The van der Waals surface area contributed by atoms with E-state index in [9.17, 15) is 0 Å². The van der Waals surface area contributed by atoms with Crippen LogP contribution in [0.2, 0.25) is 0 Å². The molecule has 0 spiro atoms. The molecule has 1 aliphatic rings. The maximum Gasteiger partial charge on any atom is 0.110 e. The predicted octanol–water partition coefficient (Wildman–Crippen LogP) is 2.96. The van der Waals surface area contributed by atoms with Crippen molar-refractivity contribution in [3.63, 3.8) is 0 Å². The lowest BCUT2D eigenvalue weighted by atomic mass is 10.1. The molecule has 0 bridgehead atoms. The second-order valence-electron chi connectivity index (χ2n) is 5.13. The molecule has 0 radical (unpaired) electrons. The molecule has 3 nitrogen and oxygen atoms in total. The average molecular weight is 275 g/mol. The number of nitrogens with zero attached hydrogens (tertiary/aromatic N) is 2. The van der Waals surface area contributed by atoms with Crippen molar-refractivity contribution < 1.29 is 0 Å². The molecule has 1 unspecified atom stereocenters. The zero-order valence-corrected chi connectivity index (χ0v) is 12.5. The molecular weight excluding hydrogens is 254 g/mol. The van der Waals surface area contributed by atoms with E-state index >= 15 is 0 Å². The van der Waals surface area contributed by atoms with Gasteiger partial charge in [-0.15, -0.1) is 11.3 Å². The molecule has 0 saturated heterocycles. The van der Waals surface area contributed by atoms with Gasteiger partial charge in [0.2, 0.25) is 0 Å². The molecule has 2 aromatic rings. The van der Waals surface area contributed by atoms with Gasteiger partial charge in [0, 0.05) is 41.2 Å². The number of fused-ring (bicyclic) bond motifs is 1. The molecule has 1 atom stereocenters. The second-order valence-corrected chi connectivity index (χ2v) is 6.29. The molecular formula is C15H21N3S. The van der Waals surface area contributed by atoms with Crippen LogP contribution in [0, 0.1) is 0 Å². The molecule has 0 fully saturated rings. The Morgan fingerprint density at radius 1 is 1.47 bits per heavy atom. The molecule has 1 N–H and O–H groups in total. The standard InChI is InChI=1S/C15H21N3S/c1-3-18-8-7-17-15(18)10-12(16-2)14-9-11-5-4-6-13(11)19-14/h7-9,12,16H,3-6,10H2,1-2H3. The van der Waals surface area contributed by atoms with Crippen LogP contribution in [0.3, 0.4) is 0 Å². The minimum absolute atomic E-state index is 0.392. The molecule has 3 rings (SSSR count). The number of hydrogen-bond donors (Lipinski definition) is 1. The van der Waals surface area contributed by atoms with Crippen molar-refractivity contribution in [1.29, 1.82) is 0 Å². The Labute approximate surface area is 118 Å². The van der Waals surface area contributed by atoms with Gasteiger partial charge in [-0.2, -0.15) is 0 Å². The van der Waals surface area contributed by atoms with Crippen LogP contribution in [0.25, 0.3) is 0 Å². The average Bonchev–Trinajstić information content (AvgIpc) is 3.10. The first-order valence-electron chi connectivity index (χ1n) is 7.10. The number of thiophene rings is 1. The third-order valence-electron chi connectivity index (χ3n) is 3.99. The Kier molecular flexibility index (Phi) is 3.71. The largest absolute Gasteiger partial charge is 0.335 e. The molecule has 0 aliphatic heterocycles. The Hall–Kier alpha value is -1.13. The van der Waals surface area contributed by atoms with Gasteiger partial charge in [0.15, 0.2) is 0 Å². The zero-order chi connectivity index (χ0) is 13.2. The second kappa shape index (κ2) is 5.47. The zero-order valence-electron chi connectivity index (χ0n) is 11.6. The van der Waals surface area contributed by atoms with Crippen molar-refractivity contribution in [3.8, 4) is 0 Å². The smallest absolute Gasteiger partial charge is 0.110 e. The summed E-state index contributed by atoms with van der Waals surface area (Å²) in [6.07, 6.45) is 8.82. The number of aromatic nitrogens is 2. The first-order valence-corrected chi connectivity index (χ1v) is 7.92. The van der Waals surface area contributed by atoms with E-state index in [1.807, 2.05) is 17.5 Å². The van der Waals surface area contributed by atoms with Crippen molar-refractivity contribution in [2.75, 3.05) is 7.05 Å². The molecule has 0 amide bonds. The van der Waals surface area contributed by atoms with Gasteiger partial charge in [-0.25, -0.2) is 4.98 Å². The van der Waals surface area contributed by atoms with E-state index in [0.717, 1.165) is 13.0 Å². The molecule has 0 saturated carbocycles. The number of imidazole rings is 1. The van der Waals surface area contributed by atoms with E-state index in [0.29, 0.717) is 6.04 Å². The number of aryl methyl sites for hydroxylation is 3. The molecule has 2 aromatic heterocycles. The van der Waals surface area contributed by atoms with Crippen LogP contribution in [-0.2, 0) is 25.8 Å². The van der Waals surface area contributed by atoms with Gasteiger partial charge in [-0.1, -0.05) is 0 Å². The van der Waals surface area contributed by atoms with E-state index < -0.39 is 0 Å². The third kappa shape index (κ3) is 2.47. The van der Waals surface area contributed by atoms with Gasteiger partial charge >= 0.3 is 0 Å². The van der Waals surface area contributed by atoms with Crippen LogP contribution in [0.5, 0.6) is 0 Å². The lowest BCUT2D eigenvalue weighted by Gasteiger charge is -2.15. The third-order valence-corrected chi connectivity index (χ3v) is 5.34. The minimum Gasteiger partial charge on any atom is -0.335 e. The van der Waals surface area contributed by atoms with Crippen LogP contribution in [0.15, 0.2) is 18.5 Å². The van der Waals surface area contributed by atoms with Crippen LogP contribution >= 0.6 is 11.3 Å². The van der Waals surface area contributed by atoms with E-state index in [1.54, 1.807) is 10.4 Å². The highest BCUT2D eigenvalue weighted by Crippen LogP contribution is 2.34. The first-order chi connectivity index (χ1) is 9.31. The summed E-state index contributed by atoms with van der Waals surface area (Å²) in [5, 5.41) is 3.45. The maximum atomic E-state index is 4.49. The molecule has 2 heterocycles. The highest BCUT2D eigenvalue weighted by Gasteiger charge is 2.20. The van der Waals surface area contributed by atoms with Gasteiger partial charge in [0.25, 0.3) is 0 Å². The number of hydrogen-bond acceptors (Lipinski definition) is 3. The summed E-state index contributed by atoms with van der Waals surface area (Å²) in [6, 6.07) is 2.80. The van der Waals surface area contributed by atoms with Gasteiger partial charge in [0.1, 0.15) is 5.82 Å². The molecule has 1 aliphatic carbocycles. The lowest BCUT2D eigenvalue weighted by molar-refractivity contribution is 0.560. The summed E-state index contributed by atoms with van der Waals surface area (Å²) in [5.74, 6) is 1.18.